The van der Waals surface area contributed by atoms with E-state index < -0.39 is 5.91 Å². The fourth-order valence-corrected chi connectivity index (χ4v) is 5.03. The molecule has 8 nitrogen and oxygen atoms in total. The maximum absolute atomic E-state index is 13.7. The molecule has 2 aromatic heterocycles. The molecule has 2 aromatic carbocycles. The number of hydrogen-bond donors (Lipinski definition) is 0. The highest BCUT2D eigenvalue weighted by Crippen LogP contribution is 2.34. The quantitative estimate of drug-likeness (QED) is 0.399. The summed E-state index contributed by atoms with van der Waals surface area (Å²) in [4.78, 5) is 35.5. The van der Waals surface area contributed by atoms with Gasteiger partial charge in [-0.2, -0.15) is 0 Å². The van der Waals surface area contributed by atoms with Gasteiger partial charge in [0.25, 0.3) is 5.91 Å². The number of carbonyl (C=O) groups is 1. The number of rotatable bonds is 7. The molecule has 9 heteroatoms. The molecule has 0 N–H and O–H groups in total. The van der Waals surface area contributed by atoms with Crippen molar-refractivity contribution in [2.45, 2.75) is 6.92 Å². The molecule has 0 unspecified atom stereocenters. The average molecular weight is 480 g/mol. The van der Waals surface area contributed by atoms with Crippen LogP contribution in [0.25, 0.3) is 21.2 Å². The zero-order valence-electron chi connectivity index (χ0n) is 18.9. The summed E-state index contributed by atoms with van der Waals surface area (Å²) in [6.45, 7) is 6.40. The Morgan fingerprint density at radius 1 is 1.18 bits per heavy atom. The second-order valence-electron chi connectivity index (χ2n) is 7.92. The van der Waals surface area contributed by atoms with Crippen molar-refractivity contribution in [3.05, 3.63) is 64.5 Å². The van der Waals surface area contributed by atoms with E-state index in [2.05, 4.69) is 4.90 Å². The number of anilines is 1. The predicted molar refractivity (Wildman–Crippen MR) is 132 cm³/mol. The summed E-state index contributed by atoms with van der Waals surface area (Å²) in [5.41, 5.74) is 0.800. The molecule has 0 atom stereocenters. The second kappa shape index (κ2) is 9.92. The summed E-state index contributed by atoms with van der Waals surface area (Å²) in [7, 11) is 0. The van der Waals surface area contributed by atoms with E-state index in [1.54, 1.807) is 29.2 Å². The SMILES string of the molecule is CCOc1cccc2sc(N(CCN3CCOCC3)C(=O)c3coc4ccccc4c3=O)nc12. The van der Waals surface area contributed by atoms with E-state index >= 15 is 0 Å². The number of amides is 1. The smallest absolute Gasteiger partial charge is 0.267 e. The number of ether oxygens (including phenoxy) is 2. The Morgan fingerprint density at radius 2 is 2.00 bits per heavy atom. The highest BCUT2D eigenvalue weighted by Gasteiger charge is 2.26. The van der Waals surface area contributed by atoms with Crippen LogP contribution in [0.2, 0.25) is 0 Å². The Hall–Kier alpha value is -3.27. The van der Waals surface area contributed by atoms with Crippen molar-refractivity contribution in [1.29, 1.82) is 0 Å². The number of morpholine rings is 1. The van der Waals surface area contributed by atoms with Crippen molar-refractivity contribution in [3.63, 3.8) is 0 Å². The molecule has 176 valence electrons. The van der Waals surface area contributed by atoms with Gasteiger partial charge in [0.05, 0.1) is 29.9 Å². The van der Waals surface area contributed by atoms with Gasteiger partial charge in [-0.25, -0.2) is 4.98 Å². The maximum atomic E-state index is 13.7. The van der Waals surface area contributed by atoms with Crippen LogP contribution >= 0.6 is 11.3 Å². The van der Waals surface area contributed by atoms with Crippen molar-refractivity contribution in [2.75, 3.05) is 50.9 Å². The van der Waals surface area contributed by atoms with Gasteiger partial charge < -0.3 is 13.9 Å². The van der Waals surface area contributed by atoms with E-state index in [0.29, 0.717) is 60.3 Å². The van der Waals surface area contributed by atoms with E-state index in [9.17, 15) is 9.59 Å². The lowest BCUT2D eigenvalue weighted by Crippen LogP contribution is -2.44. The first-order valence-electron chi connectivity index (χ1n) is 11.3. The standard InChI is InChI=1S/C25H25N3O5S/c1-2-32-20-8-5-9-21-22(20)26-25(34-21)28(11-10-27-12-14-31-15-13-27)24(30)18-16-33-19-7-4-3-6-17(19)23(18)29/h3-9,16H,2,10-15H2,1H3. The number of fused-ring (bicyclic) bond motifs is 2. The number of carbonyl (C=O) groups excluding carboxylic acids is 1. The normalized spacial score (nSPS) is 14.5. The third-order valence-electron chi connectivity index (χ3n) is 5.80. The number of para-hydroxylation sites is 2. The lowest BCUT2D eigenvalue weighted by Gasteiger charge is -2.29. The highest BCUT2D eigenvalue weighted by molar-refractivity contribution is 7.22. The Bertz CT molecular complexity index is 1380. The molecule has 1 aliphatic heterocycles. The summed E-state index contributed by atoms with van der Waals surface area (Å²) < 4.78 is 17.7. The van der Waals surface area contributed by atoms with E-state index in [0.717, 1.165) is 17.8 Å². The lowest BCUT2D eigenvalue weighted by molar-refractivity contribution is 0.0391. The fourth-order valence-electron chi connectivity index (χ4n) is 4.02. The van der Waals surface area contributed by atoms with Crippen LogP contribution in [0.15, 0.2) is 57.9 Å². The van der Waals surface area contributed by atoms with Crippen LogP contribution in [0.1, 0.15) is 17.3 Å². The van der Waals surface area contributed by atoms with Crippen LogP contribution in [0.5, 0.6) is 5.75 Å². The van der Waals surface area contributed by atoms with Gasteiger partial charge in [0.1, 0.15) is 28.7 Å². The summed E-state index contributed by atoms with van der Waals surface area (Å²) in [6.07, 6.45) is 1.26. The van der Waals surface area contributed by atoms with E-state index in [4.69, 9.17) is 18.9 Å². The second-order valence-corrected chi connectivity index (χ2v) is 8.93. The molecule has 1 aliphatic rings. The van der Waals surface area contributed by atoms with Gasteiger partial charge in [0.2, 0.25) is 5.43 Å². The molecule has 0 bridgehead atoms. The van der Waals surface area contributed by atoms with Crippen LogP contribution in [-0.2, 0) is 4.74 Å². The highest BCUT2D eigenvalue weighted by atomic mass is 32.1. The number of benzene rings is 2. The molecule has 1 fully saturated rings. The predicted octanol–water partition coefficient (Wildman–Crippen LogP) is 3.78. The van der Waals surface area contributed by atoms with E-state index in [-0.39, 0.29) is 11.0 Å². The fraction of sp³-hybridized carbons (Fsp3) is 0.320. The molecular weight excluding hydrogens is 454 g/mol. The van der Waals surface area contributed by atoms with Crippen LogP contribution in [0.3, 0.4) is 0 Å². The molecule has 1 amide bonds. The molecule has 0 spiro atoms. The Kier molecular flexibility index (Phi) is 6.57. The summed E-state index contributed by atoms with van der Waals surface area (Å²) in [6, 6.07) is 12.7. The molecule has 5 rings (SSSR count). The van der Waals surface area contributed by atoms with Crippen molar-refractivity contribution >= 4 is 43.6 Å². The first-order valence-corrected chi connectivity index (χ1v) is 12.1. The number of aromatic nitrogens is 1. The van der Waals surface area contributed by atoms with Crippen LogP contribution in [0, 0.1) is 0 Å². The monoisotopic (exact) mass is 479 g/mol. The molecule has 0 saturated carbocycles. The van der Waals surface area contributed by atoms with Gasteiger partial charge in [-0.3, -0.25) is 19.4 Å². The van der Waals surface area contributed by atoms with Crippen LogP contribution in [0.4, 0.5) is 5.13 Å². The third kappa shape index (κ3) is 4.42. The minimum absolute atomic E-state index is 0.00929. The van der Waals surface area contributed by atoms with Crippen molar-refractivity contribution in [2.24, 2.45) is 0 Å². The van der Waals surface area contributed by atoms with Gasteiger partial charge in [-0.1, -0.05) is 29.5 Å². The van der Waals surface area contributed by atoms with Crippen molar-refractivity contribution < 1.29 is 18.7 Å². The molecule has 0 aliphatic carbocycles. The van der Waals surface area contributed by atoms with E-state index in [1.807, 2.05) is 25.1 Å². The average Bonchev–Trinajstić information content (AvgIpc) is 3.30. The summed E-state index contributed by atoms with van der Waals surface area (Å²) in [5.74, 6) is 0.248. The largest absolute Gasteiger partial charge is 0.492 e. The summed E-state index contributed by atoms with van der Waals surface area (Å²) >= 11 is 1.40. The molecule has 34 heavy (non-hydrogen) atoms. The molecule has 4 aromatic rings. The molecule has 0 radical (unpaired) electrons. The van der Waals surface area contributed by atoms with E-state index in [1.165, 1.54) is 17.6 Å². The molecular formula is C25H25N3O5S. The van der Waals surface area contributed by atoms with Gasteiger partial charge in [0, 0.05) is 26.2 Å². The Morgan fingerprint density at radius 3 is 2.82 bits per heavy atom. The molecule has 1 saturated heterocycles. The first-order chi connectivity index (χ1) is 16.7. The zero-order chi connectivity index (χ0) is 23.5. The topological polar surface area (TPSA) is 85.1 Å². The Balaban J connectivity index is 1.53. The van der Waals surface area contributed by atoms with Gasteiger partial charge in [-0.15, -0.1) is 0 Å². The maximum Gasteiger partial charge on any atom is 0.267 e. The lowest BCUT2D eigenvalue weighted by atomic mass is 10.1. The summed E-state index contributed by atoms with van der Waals surface area (Å²) in [5, 5.41) is 0.900. The van der Waals surface area contributed by atoms with Crippen molar-refractivity contribution in [3.8, 4) is 5.75 Å². The van der Waals surface area contributed by atoms with Gasteiger partial charge in [0.15, 0.2) is 5.13 Å². The van der Waals surface area contributed by atoms with Crippen LogP contribution < -0.4 is 15.1 Å². The van der Waals surface area contributed by atoms with Gasteiger partial charge in [-0.05, 0) is 31.2 Å². The minimum Gasteiger partial charge on any atom is -0.492 e. The molecule has 3 heterocycles. The Labute approximate surface area is 200 Å². The third-order valence-corrected chi connectivity index (χ3v) is 6.84. The van der Waals surface area contributed by atoms with Crippen LogP contribution in [-0.4, -0.2) is 61.8 Å². The minimum atomic E-state index is -0.426. The number of hydrogen-bond acceptors (Lipinski definition) is 8. The first kappa shape index (κ1) is 22.5. The van der Waals surface area contributed by atoms with Crippen molar-refractivity contribution in [1.82, 2.24) is 9.88 Å². The van der Waals surface area contributed by atoms with Gasteiger partial charge >= 0.3 is 0 Å². The number of nitrogens with zero attached hydrogens (tertiary/aromatic N) is 3. The number of thiazole rings is 1. The zero-order valence-corrected chi connectivity index (χ0v) is 19.7.